The highest BCUT2D eigenvalue weighted by Crippen LogP contribution is 2.27. The fourth-order valence-corrected chi connectivity index (χ4v) is 3.04. The predicted molar refractivity (Wildman–Crippen MR) is 122 cm³/mol. The van der Waals surface area contributed by atoms with Crippen molar-refractivity contribution in [1.29, 1.82) is 0 Å². The monoisotopic (exact) mass is 429 g/mol. The zero-order chi connectivity index (χ0) is 22.9. The van der Waals surface area contributed by atoms with Crippen molar-refractivity contribution in [2.45, 2.75) is 6.42 Å². The first-order valence-electron chi connectivity index (χ1n) is 9.83. The summed E-state index contributed by atoms with van der Waals surface area (Å²) in [5.74, 6) is 6.70. The fraction of sp³-hybridized carbons (Fsp3) is 0.154. The number of nitrogens with one attached hydrogen (secondary N) is 1. The Morgan fingerprint density at radius 3 is 2.19 bits per heavy atom. The summed E-state index contributed by atoms with van der Waals surface area (Å²) in [5, 5.41) is 2.89. The minimum Gasteiger partial charge on any atom is -0.493 e. The molecule has 0 spiro atoms. The van der Waals surface area contributed by atoms with Gasteiger partial charge in [-0.05, 0) is 54.1 Å². The molecule has 0 saturated heterocycles. The normalized spacial score (nSPS) is 9.84. The highest BCUT2D eigenvalue weighted by atomic mass is 16.5. The molecule has 0 bridgehead atoms. The van der Waals surface area contributed by atoms with Crippen molar-refractivity contribution in [1.82, 2.24) is 0 Å². The standard InChI is InChI=1S/C26H23NO5/c1-30-23-13-12-20(16-24(23)31-2)17-25(28)27-22-9-5-7-19(15-22)11-10-18-6-4-8-21(14-18)26(29)32-3/h4-9,12-16H,17H2,1-3H3,(H,27,28). The van der Waals surface area contributed by atoms with E-state index >= 15 is 0 Å². The lowest BCUT2D eigenvalue weighted by Crippen LogP contribution is -2.14. The number of esters is 1. The number of benzene rings is 3. The highest BCUT2D eigenvalue weighted by Gasteiger charge is 2.09. The van der Waals surface area contributed by atoms with E-state index in [0.29, 0.717) is 28.3 Å². The molecule has 0 atom stereocenters. The molecule has 0 aliphatic rings. The SMILES string of the molecule is COC(=O)c1cccc(C#Cc2cccc(NC(=O)Cc3ccc(OC)c(OC)c3)c2)c1. The molecule has 6 heteroatoms. The Balaban J connectivity index is 1.69. The van der Waals surface area contributed by atoms with Crippen molar-refractivity contribution in [3.8, 4) is 23.3 Å². The molecule has 0 aliphatic carbocycles. The van der Waals surface area contributed by atoms with Crippen LogP contribution in [0.5, 0.6) is 11.5 Å². The van der Waals surface area contributed by atoms with Gasteiger partial charge in [-0.1, -0.05) is 30.0 Å². The van der Waals surface area contributed by atoms with Gasteiger partial charge in [0, 0.05) is 16.8 Å². The summed E-state index contributed by atoms with van der Waals surface area (Å²) in [5.41, 5.74) is 3.32. The predicted octanol–water partition coefficient (Wildman–Crippen LogP) is 4.07. The number of ether oxygens (including phenoxy) is 3. The van der Waals surface area contributed by atoms with Gasteiger partial charge in [-0.15, -0.1) is 0 Å². The van der Waals surface area contributed by atoms with Gasteiger partial charge in [-0.25, -0.2) is 4.79 Å². The number of methoxy groups -OCH3 is 3. The third kappa shape index (κ3) is 5.89. The summed E-state index contributed by atoms with van der Waals surface area (Å²) in [6, 6.07) is 19.6. The van der Waals surface area contributed by atoms with Gasteiger partial charge in [-0.2, -0.15) is 0 Å². The molecule has 0 fully saturated rings. The first-order chi connectivity index (χ1) is 15.5. The average Bonchev–Trinajstić information content (AvgIpc) is 2.82. The maximum absolute atomic E-state index is 12.5. The van der Waals surface area contributed by atoms with Crippen LogP contribution in [0.25, 0.3) is 0 Å². The molecule has 32 heavy (non-hydrogen) atoms. The van der Waals surface area contributed by atoms with E-state index in [1.54, 1.807) is 56.7 Å². The van der Waals surface area contributed by atoms with E-state index in [-0.39, 0.29) is 12.3 Å². The van der Waals surface area contributed by atoms with Gasteiger partial charge in [0.05, 0.1) is 33.3 Å². The van der Waals surface area contributed by atoms with Crippen LogP contribution >= 0.6 is 0 Å². The summed E-state index contributed by atoms with van der Waals surface area (Å²) >= 11 is 0. The molecule has 0 unspecified atom stereocenters. The Morgan fingerprint density at radius 2 is 1.50 bits per heavy atom. The molecule has 0 heterocycles. The Bertz CT molecular complexity index is 1190. The topological polar surface area (TPSA) is 73.9 Å². The zero-order valence-electron chi connectivity index (χ0n) is 18.1. The Kier molecular flexibility index (Phi) is 7.50. The lowest BCUT2D eigenvalue weighted by Gasteiger charge is -2.10. The molecule has 6 nitrogen and oxygen atoms in total. The Hall–Kier alpha value is -4.24. The number of rotatable bonds is 6. The van der Waals surface area contributed by atoms with Crippen molar-refractivity contribution >= 4 is 17.6 Å². The molecule has 3 aromatic rings. The smallest absolute Gasteiger partial charge is 0.337 e. The van der Waals surface area contributed by atoms with Crippen molar-refractivity contribution in [2.75, 3.05) is 26.6 Å². The van der Waals surface area contributed by atoms with Crippen LogP contribution in [0.3, 0.4) is 0 Å². The minimum absolute atomic E-state index is 0.159. The van der Waals surface area contributed by atoms with E-state index in [1.165, 1.54) is 7.11 Å². The van der Waals surface area contributed by atoms with Crippen molar-refractivity contribution in [3.63, 3.8) is 0 Å². The second-order valence-electron chi connectivity index (χ2n) is 6.82. The van der Waals surface area contributed by atoms with Crippen LogP contribution < -0.4 is 14.8 Å². The van der Waals surface area contributed by atoms with Crippen LogP contribution in [0, 0.1) is 11.8 Å². The number of carbonyl (C=O) groups excluding carboxylic acids is 2. The number of hydrogen-bond donors (Lipinski definition) is 1. The van der Waals surface area contributed by atoms with E-state index in [9.17, 15) is 9.59 Å². The first-order valence-corrected chi connectivity index (χ1v) is 9.83. The van der Waals surface area contributed by atoms with E-state index in [0.717, 1.165) is 11.1 Å². The molecule has 0 aromatic heterocycles. The lowest BCUT2D eigenvalue weighted by atomic mass is 10.1. The van der Waals surface area contributed by atoms with Crippen LogP contribution in [0.2, 0.25) is 0 Å². The van der Waals surface area contributed by atoms with Crippen molar-refractivity contribution in [2.24, 2.45) is 0 Å². The van der Waals surface area contributed by atoms with Gasteiger partial charge < -0.3 is 19.5 Å². The van der Waals surface area contributed by atoms with Gasteiger partial charge in [0.15, 0.2) is 11.5 Å². The average molecular weight is 429 g/mol. The van der Waals surface area contributed by atoms with Gasteiger partial charge in [0.25, 0.3) is 0 Å². The molecule has 1 amide bonds. The molecular weight excluding hydrogens is 406 g/mol. The fourth-order valence-electron chi connectivity index (χ4n) is 3.04. The third-order valence-corrected chi connectivity index (χ3v) is 4.59. The molecular formula is C26H23NO5. The summed E-state index contributed by atoms with van der Waals surface area (Å²) < 4.78 is 15.2. The summed E-state index contributed by atoms with van der Waals surface area (Å²) in [6.45, 7) is 0. The van der Waals surface area contributed by atoms with Gasteiger partial charge >= 0.3 is 5.97 Å². The zero-order valence-corrected chi connectivity index (χ0v) is 18.1. The van der Waals surface area contributed by atoms with Gasteiger partial charge in [0.1, 0.15) is 0 Å². The van der Waals surface area contributed by atoms with Crippen LogP contribution in [0.4, 0.5) is 5.69 Å². The largest absolute Gasteiger partial charge is 0.493 e. The van der Waals surface area contributed by atoms with Gasteiger partial charge in [0.2, 0.25) is 5.91 Å². The summed E-state index contributed by atoms with van der Waals surface area (Å²) in [6.07, 6.45) is 0.191. The maximum Gasteiger partial charge on any atom is 0.337 e. The number of anilines is 1. The minimum atomic E-state index is -0.409. The quantitative estimate of drug-likeness (QED) is 0.472. The number of hydrogen-bond acceptors (Lipinski definition) is 5. The van der Waals surface area contributed by atoms with Crippen molar-refractivity contribution < 1.29 is 23.8 Å². The first kappa shape index (κ1) is 22.4. The molecule has 0 aliphatic heterocycles. The van der Waals surface area contributed by atoms with Crippen LogP contribution in [-0.4, -0.2) is 33.2 Å². The van der Waals surface area contributed by atoms with Crippen LogP contribution in [-0.2, 0) is 16.0 Å². The molecule has 0 saturated carbocycles. The van der Waals surface area contributed by atoms with E-state index in [4.69, 9.17) is 14.2 Å². The summed E-state index contributed by atoms with van der Waals surface area (Å²) in [4.78, 5) is 24.2. The molecule has 3 aromatic carbocycles. The Labute approximate surface area is 187 Å². The second-order valence-corrected chi connectivity index (χ2v) is 6.82. The van der Waals surface area contributed by atoms with E-state index in [2.05, 4.69) is 17.2 Å². The lowest BCUT2D eigenvalue weighted by molar-refractivity contribution is -0.115. The summed E-state index contributed by atoms with van der Waals surface area (Å²) in [7, 11) is 4.46. The highest BCUT2D eigenvalue weighted by molar-refractivity contribution is 5.92. The van der Waals surface area contributed by atoms with E-state index in [1.807, 2.05) is 24.3 Å². The van der Waals surface area contributed by atoms with Crippen molar-refractivity contribution in [3.05, 3.63) is 89.0 Å². The third-order valence-electron chi connectivity index (χ3n) is 4.59. The van der Waals surface area contributed by atoms with Gasteiger partial charge in [-0.3, -0.25) is 4.79 Å². The number of amides is 1. The molecule has 1 N–H and O–H groups in total. The van der Waals surface area contributed by atoms with E-state index < -0.39 is 5.97 Å². The van der Waals surface area contributed by atoms with Crippen LogP contribution in [0.15, 0.2) is 66.7 Å². The molecule has 3 rings (SSSR count). The molecule has 162 valence electrons. The maximum atomic E-state index is 12.5. The Morgan fingerprint density at radius 1 is 0.812 bits per heavy atom. The van der Waals surface area contributed by atoms with Crippen LogP contribution in [0.1, 0.15) is 27.0 Å². The molecule has 0 radical (unpaired) electrons. The second kappa shape index (κ2) is 10.7. The number of carbonyl (C=O) groups is 2.